The Balaban J connectivity index is 2.60. The highest BCUT2D eigenvalue weighted by Gasteiger charge is 2.15. The third-order valence-corrected chi connectivity index (χ3v) is 2.85. The number of methoxy groups -OCH3 is 1. The lowest BCUT2D eigenvalue weighted by Gasteiger charge is -2.09. The Hall–Kier alpha value is -1.87. The van der Waals surface area contributed by atoms with Gasteiger partial charge in [0.25, 0.3) is 0 Å². The van der Waals surface area contributed by atoms with Crippen LogP contribution in [-0.4, -0.2) is 18.1 Å². The number of nitrogens with zero attached hydrogens (tertiary/aromatic N) is 1. The zero-order valence-electron chi connectivity index (χ0n) is 10.1. The highest BCUT2D eigenvalue weighted by molar-refractivity contribution is 6.33. The smallest absolute Gasteiger partial charge is 0.338 e. The van der Waals surface area contributed by atoms with Crippen molar-refractivity contribution < 1.29 is 9.53 Å². The molecule has 3 nitrogen and oxygen atoms in total. The van der Waals surface area contributed by atoms with Crippen LogP contribution in [0.3, 0.4) is 0 Å². The molecule has 2 rings (SSSR count). The molecule has 92 valence electrons. The van der Waals surface area contributed by atoms with E-state index in [1.807, 2.05) is 19.1 Å². The van der Waals surface area contributed by atoms with Crippen LogP contribution >= 0.6 is 11.6 Å². The summed E-state index contributed by atoms with van der Waals surface area (Å²) in [5.41, 5.74) is 2.69. The van der Waals surface area contributed by atoms with Gasteiger partial charge in [-0.3, -0.25) is 4.98 Å². The first kappa shape index (κ1) is 12.6. The first-order valence-corrected chi connectivity index (χ1v) is 5.81. The predicted molar refractivity (Wildman–Crippen MR) is 70.8 cm³/mol. The summed E-state index contributed by atoms with van der Waals surface area (Å²) in [6, 6.07) is 8.92. The van der Waals surface area contributed by atoms with E-state index in [0.717, 1.165) is 5.56 Å². The fraction of sp³-hybridized carbons (Fsp3) is 0.143. The van der Waals surface area contributed by atoms with E-state index in [1.54, 1.807) is 24.4 Å². The van der Waals surface area contributed by atoms with Gasteiger partial charge in [0.05, 0.1) is 23.4 Å². The number of hydrogen-bond acceptors (Lipinski definition) is 3. The van der Waals surface area contributed by atoms with Crippen molar-refractivity contribution in [3.8, 4) is 11.3 Å². The summed E-state index contributed by atoms with van der Waals surface area (Å²) in [5, 5.41) is 0.520. The minimum absolute atomic E-state index is 0.399. The minimum atomic E-state index is -0.399. The number of aryl methyl sites for hydroxylation is 1. The molecule has 1 aromatic carbocycles. The van der Waals surface area contributed by atoms with Crippen LogP contribution in [0.2, 0.25) is 5.02 Å². The normalized spacial score (nSPS) is 10.2. The number of carbonyl (C=O) groups excluding carboxylic acids is 1. The molecule has 0 spiro atoms. The lowest BCUT2D eigenvalue weighted by Crippen LogP contribution is -2.04. The van der Waals surface area contributed by atoms with Crippen molar-refractivity contribution in [2.45, 2.75) is 6.92 Å². The monoisotopic (exact) mass is 261 g/mol. The van der Waals surface area contributed by atoms with E-state index in [9.17, 15) is 4.79 Å². The summed E-state index contributed by atoms with van der Waals surface area (Å²) in [4.78, 5) is 16.0. The second-order valence-electron chi connectivity index (χ2n) is 3.88. The quantitative estimate of drug-likeness (QED) is 0.777. The van der Waals surface area contributed by atoms with Gasteiger partial charge >= 0.3 is 5.97 Å². The average molecular weight is 262 g/mol. The predicted octanol–water partition coefficient (Wildman–Crippen LogP) is 3.50. The summed E-state index contributed by atoms with van der Waals surface area (Å²) < 4.78 is 4.75. The lowest BCUT2D eigenvalue weighted by atomic mass is 10.0. The Kier molecular flexibility index (Phi) is 3.63. The maximum Gasteiger partial charge on any atom is 0.338 e. The van der Waals surface area contributed by atoms with Gasteiger partial charge in [-0.1, -0.05) is 29.8 Å². The zero-order valence-corrected chi connectivity index (χ0v) is 10.9. The molecular weight excluding hydrogens is 250 g/mol. The highest BCUT2D eigenvalue weighted by Crippen LogP contribution is 2.29. The van der Waals surface area contributed by atoms with Crippen LogP contribution < -0.4 is 0 Å². The fourth-order valence-electron chi connectivity index (χ4n) is 1.71. The maximum absolute atomic E-state index is 11.7. The van der Waals surface area contributed by atoms with Gasteiger partial charge in [0.15, 0.2) is 0 Å². The number of rotatable bonds is 2. The Bertz CT molecular complexity index is 596. The number of ether oxygens (including phenoxy) is 1. The molecule has 2 aromatic rings. The van der Waals surface area contributed by atoms with Crippen molar-refractivity contribution in [3.05, 3.63) is 52.7 Å². The van der Waals surface area contributed by atoms with Crippen LogP contribution in [-0.2, 0) is 4.74 Å². The van der Waals surface area contributed by atoms with Gasteiger partial charge in [-0.15, -0.1) is 0 Å². The molecule has 0 aliphatic rings. The molecule has 1 aromatic heterocycles. The van der Waals surface area contributed by atoms with E-state index in [4.69, 9.17) is 16.3 Å². The molecule has 0 radical (unpaired) electrons. The van der Waals surface area contributed by atoms with Crippen LogP contribution in [0.5, 0.6) is 0 Å². The van der Waals surface area contributed by atoms with Gasteiger partial charge in [0.1, 0.15) is 0 Å². The number of carbonyl (C=O) groups is 1. The van der Waals surface area contributed by atoms with Crippen molar-refractivity contribution >= 4 is 17.6 Å². The standard InChI is InChI=1S/C14H12ClNO2/c1-9-7-12(15)13(16-8-9)10-5-3-4-6-11(10)14(17)18-2/h3-8H,1-2H3. The molecular formula is C14H12ClNO2. The van der Waals surface area contributed by atoms with E-state index in [-0.39, 0.29) is 0 Å². The van der Waals surface area contributed by atoms with Gasteiger partial charge in [-0.2, -0.15) is 0 Å². The van der Waals surface area contributed by atoms with Crippen molar-refractivity contribution in [1.82, 2.24) is 4.98 Å². The van der Waals surface area contributed by atoms with E-state index in [0.29, 0.717) is 21.8 Å². The van der Waals surface area contributed by atoms with Gasteiger partial charge in [-0.05, 0) is 24.6 Å². The van der Waals surface area contributed by atoms with Gasteiger partial charge in [0.2, 0.25) is 0 Å². The summed E-state index contributed by atoms with van der Waals surface area (Å²) in [6.45, 7) is 1.91. The summed E-state index contributed by atoms with van der Waals surface area (Å²) >= 11 is 6.17. The van der Waals surface area contributed by atoms with Crippen molar-refractivity contribution in [2.24, 2.45) is 0 Å². The number of halogens is 1. The largest absolute Gasteiger partial charge is 0.465 e. The summed E-state index contributed by atoms with van der Waals surface area (Å²) in [5.74, 6) is -0.399. The molecule has 4 heteroatoms. The Morgan fingerprint density at radius 2 is 2.06 bits per heavy atom. The first-order chi connectivity index (χ1) is 8.63. The van der Waals surface area contributed by atoms with Crippen LogP contribution in [0.1, 0.15) is 15.9 Å². The van der Waals surface area contributed by atoms with Gasteiger partial charge in [0, 0.05) is 11.8 Å². The van der Waals surface area contributed by atoms with Crippen molar-refractivity contribution in [1.29, 1.82) is 0 Å². The Morgan fingerprint density at radius 1 is 1.33 bits per heavy atom. The molecule has 0 aliphatic carbocycles. The fourth-order valence-corrected chi connectivity index (χ4v) is 2.03. The molecule has 0 amide bonds. The molecule has 0 unspecified atom stereocenters. The third kappa shape index (κ3) is 2.36. The summed E-state index contributed by atoms with van der Waals surface area (Å²) in [6.07, 6.45) is 1.72. The number of esters is 1. The van der Waals surface area contributed by atoms with Crippen LogP contribution in [0.25, 0.3) is 11.3 Å². The lowest BCUT2D eigenvalue weighted by molar-refractivity contribution is 0.0601. The number of pyridine rings is 1. The number of aromatic nitrogens is 1. The van der Waals surface area contributed by atoms with E-state index in [1.165, 1.54) is 7.11 Å². The minimum Gasteiger partial charge on any atom is -0.465 e. The second-order valence-corrected chi connectivity index (χ2v) is 4.29. The summed E-state index contributed by atoms with van der Waals surface area (Å²) in [7, 11) is 1.35. The average Bonchev–Trinajstić information content (AvgIpc) is 2.38. The third-order valence-electron chi connectivity index (χ3n) is 2.57. The van der Waals surface area contributed by atoms with Crippen LogP contribution in [0.4, 0.5) is 0 Å². The van der Waals surface area contributed by atoms with Crippen molar-refractivity contribution in [2.75, 3.05) is 7.11 Å². The van der Waals surface area contributed by atoms with Crippen LogP contribution in [0, 0.1) is 6.92 Å². The van der Waals surface area contributed by atoms with E-state index >= 15 is 0 Å². The molecule has 0 atom stereocenters. The van der Waals surface area contributed by atoms with E-state index < -0.39 is 5.97 Å². The Labute approximate surface area is 110 Å². The molecule has 1 heterocycles. The highest BCUT2D eigenvalue weighted by atomic mass is 35.5. The molecule has 0 saturated carbocycles. The first-order valence-electron chi connectivity index (χ1n) is 5.43. The van der Waals surface area contributed by atoms with Gasteiger partial charge in [-0.25, -0.2) is 4.79 Å². The zero-order chi connectivity index (χ0) is 13.1. The van der Waals surface area contributed by atoms with E-state index in [2.05, 4.69) is 4.98 Å². The molecule has 0 aliphatic heterocycles. The van der Waals surface area contributed by atoms with Crippen LogP contribution in [0.15, 0.2) is 36.5 Å². The molecule has 0 saturated heterocycles. The Morgan fingerprint density at radius 3 is 2.72 bits per heavy atom. The molecule has 0 fully saturated rings. The number of hydrogen-bond donors (Lipinski definition) is 0. The van der Waals surface area contributed by atoms with Gasteiger partial charge < -0.3 is 4.74 Å². The molecule has 0 bridgehead atoms. The SMILES string of the molecule is COC(=O)c1ccccc1-c1ncc(C)cc1Cl. The molecule has 18 heavy (non-hydrogen) atoms. The maximum atomic E-state index is 11.7. The topological polar surface area (TPSA) is 39.2 Å². The van der Waals surface area contributed by atoms with Crippen molar-refractivity contribution in [3.63, 3.8) is 0 Å². The second kappa shape index (κ2) is 5.19. The number of benzene rings is 1. The molecule has 0 N–H and O–H groups in total.